The van der Waals surface area contributed by atoms with Crippen LogP contribution in [0, 0.1) is 0 Å². The molecule has 0 fully saturated rings. The molecule has 0 bridgehead atoms. The van der Waals surface area contributed by atoms with E-state index in [-0.39, 0.29) is 6.03 Å². The van der Waals surface area contributed by atoms with Crippen LogP contribution in [-0.4, -0.2) is 39.5 Å². The Morgan fingerprint density at radius 3 is 2.63 bits per heavy atom. The van der Waals surface area contributed by atoms with Crippen LogP contribution in [0.2, 0.25) is 0 Å². The number of carbonyl (C=O) groups is 1. The number of urea groups is 1. The van der Waals surface area contributed by atoms with Crippen molar-refractivity contribution in [2.75, 3.05) is 33.5 Å². The number of methoxy groups -OCH3 is 1. The number of hydrogen-bond acceptors (Lipinski definition) is 3. The molecule has 5 nitrogen and oxygen atoms in total. The van der Waals surface area contributed by atoms with E-state index in [0.29, 0.717) is 32.9 Å². The van der Waals surface area contributed by atoms with E-state index < -0.39 is 0 Å². The molecule has 0 saturated heterocycles. The van der Waals surface area contributed by atoms with Gasteiger partial charge in [-0.25, -0.2) is 4.79 Å². The molecule has 0 radical (unpaired) electrons. The Morgan fingerprint density at radius 1 is 1.11 bits per heavy atom. The molecule has 0 aliphatic carbocycles. The minimum Gasteiger partial charge on any atom is -0.382 e. The van der Waals surface area contributed by atoms with Gasteiger partial charge in [-0.3, -0.25) is 0 Å². The SMILES string of the molecule is COCCOCCCNC(=O)NCc1ccccc1. The lowest BCUT2D eigenvalue weighted by atomic mass is 10.2. The highest BCUT2D eigenvalue weighted by Gasteiger charge is 1.99. The third-order valence-electron chi connectivity index (χ3n) is 2.48. The topological polar surface area (TPSA) is 59.6 Å². The number of nitrogens with one attached hydrogen (secondary N) is 2. The highest BCUT2D eigenvalue weighted by molar-refractivity contribution is 5.73. The molecular formula is C14H22N2O3. The number of rotatable bonds is 9. The maximum atomic E-state index is 11.5. The normalized spacial score (nSPS) is 10.2. The molecule has 0 saturated carbocycles. The third kappa shape index (κ3) is 8.18. The molecule has 1 aromatic carbocycles. The van der Waals surface area contributed by atoms with Crippen molar-refractivity contribution in [1.29, 1.82) is 0 Å². The second-order valence-electron chi connectivity index (χ2n) is 4.05. The Bertz CT molecular complexity index is 344. The maximum Gasteiger partial charge on any atom is 0.315 e. The molecule has 19 heavy (non-hydrogen) atoms. The molecule has 0 aliphatic rings. The molecule has 2 N–H and O–H groups in total. The molecule has 1 aromatic rings. The molecule has 106 valence electrons. The van der Waals surface area contributed by atoms with Crippen molar-refractivity contribution in [3.8, 4) is 0 Å². The summed E-state index contributed by atoms with van der Waals surface area (Å²) in [5.41, 5.74) is 1.08. The monoisotopic (exact) mass is 266 g/mol. The first-order valence-corrected chi connectivity index (χ1v) is 6.45. The average Bonchev–Trinajstić information content (AvgIpc) is 2.45. The van der Waals surface area contributed by atoms with E-state index in [4.69, 9.17) is 9.47 Å². The predicted octanol–water partition coefficient (Wildman–Crippen LogP) is 1.54. The van der Waals surface area contributed by atoms with Crippen molar-refractivity contribution in [3.05, 3.63) is 35.9 Å². The summed E-state index contributed by atoms with van der Waals surface area (Å²) in [6.45, 7) is 2.97. The summed E-state index contributed by atoms with van der Waals surface area (Å²) < 4.78 is 10.1. The number of ether oxygens (including phenoxy) is 2. The van der Waals surface area contributed by atoms with Crippen LogP contribution >= 0.6 is 0 Å². The third-order valence-corrected chi connectivity index (χ3v) is 2.48. The van der Waals surface area contributed by atoms with Crippen LogP contribution in [0.3, 0.4) is 0 Å². The van der Waals surface area contributed by atoms with Gasteiger partial charge >= 0.3 is 6.03 Å². The molecular weight excluding hydrogens is 244 g/mol. The lowest BCUT2D eigenvalue weighted by Gasteiger charge is -2.08. The van der Waals surface area contributed by atoms with Crippen molar-refractivity contribution in [1.82, 2.24) is 10.6 Å². The van der Waals surface area contributed by atoms with Crippen LogP contribution in [0.5, 0.6) is 0 Å². The standard InChI is InChI=1S/C14H22N2O3/c1-18-10-11-19-9-5-8-15-14(17)16-12-13-6-3-2-4-7-13/h2-4,6-7H,5,8-12H2,1H3,(H2,15,16,17). The van der Waals surface area contributed by atoms with Gasteiger partial charge in [-0.05, 0) is 12.0 Å². The summed E-state index contributed by atoms with van der Waals surface area (Å²) in [6, 6.07) is 9.65. The summed E-state index contributed by atoms with van der Waals surface area (Å²) in [4.78, 5) is 11.5. The Balaban J connectivity index is 1.96. The van der Waals surface area contributed by atoms with Crippen molar-refractivity contribution in [2.24, 2.45) is 0 Å². The number of carbonyl (C=O) groups excluding carboxylic acids is 1. The fourth-order valence-corrected chi connectivity index (χ4v) is 1.46. The Morgan fingerprint density at radius 2 is 1.89 bits per heavy atom. The zero-order chi connectivity index (χ0) is 13.8. The largest absolute Gasteiger partial charge is 0.382 e. The van der Waals surface area contributed by atoms with E-state index in [2.05, 4.69) is 10.6 Å². The van der Waals surface area contributed by atoms with Crippen LogP contribution in [0.15, 0.2) is 30.3 Å². The van der Waals surface area contributed by atoms with Crippen molar-refractivity contribution in [3.63, 3.8) is 0 Å². The van der Waals surface area contributed by atoms with E-state index in [1.165, 1.54) is 0 Å². The summed E-state index contributed by atoms with van der Waals surface area (Å²) in [7, 11) is 1.64. The highest BCUT2D eigenvalue weighted by Crippen LogP contribution is 1.96. The van der Waals surface area contributed by atoms with Gasteiger partial charge in [0.2, 0.25) is 0 Å². The van der Waals surface area contributed by atoms with Crippen LogP contribution in [0.4, 0.5) is 4.79 Å². The Kier molecular flexibility index (Phi) is 8.42. The summed E-state index contributed by atoms with van der Waals surface area (Å²) in [5.74, 6) is 0. The van der Waals surface area contributed by atoms with Gasteiger partial charge in [0.05, 0.1) is 13.2 Å². The van der Waals surface area contributed by atoms with E-state index in [1.54, 1.807) is 7.11 Å². The second kappa shape index (κ2) is 10.3. The first kappa shape index (κ1) is 15.5. The van der Waals surface area contributed by atoms with E-state index in [0.717, 1.165) is 12.0 Å². The first-order valence-electron chi connectivity index (χ1n) is 6.45. The van der Waals surface area contributed by atoms with Gasteiger partial charge in [-0.2, -0.15) is 0 Å². The zero-order valence-corrected chi connectivity index (χ0v) is 11.4. The van der Waals surface area contributed by atoms with Gasteiger partial charge in [0.1, 0.15) is 0 Å². The summed E-state index contributed by atoms with van der Waals surface area (Å²) in [5, 5.41) is 5.58. The second-order valence-corrected chi connectivity index (χ2v) is 4.05. The van der Waals surface area contributed by atoms with Crippen molar-refractivity contribution >= 4 is 6.03 Å². The molecule has 0 atom stereocenters. The van der Waals surface area contributed by atoms with Gasteiger partial charge in [0.25, 0.3) is 0 Å². The Labute approximate surface area is 114 Å². The molecule has 2 amide bonds. The Hall–Kier alpha value is -1.59. The summed E-state index contributed by atoms with van der Waals surface area (Å²) in [6.07, 6.45) is 0.794. The minimum atomic E-state index is -0.152. The molecule has 0 spiro atoms. The van der Waals surface area contributed by atoms with Crippen molar-refractivity contribution in [2.45, 2.75) is 13.0 Å². The first-order chi connectivity index (χ1) is 9.33. The predicted molar refractivity (Wildman–Crippen MR) is 74.0 cm³/mol. The van der Waals surface area contributed by atoms with Crippen LogP contribution in [0.25, 0.3) is 0 Å². The van der Waals surface area contributed by atoms with Gasteiger partial charge < -0.3 is 20.1 Å². The molecule has 0 aromatic heterocycles. The van der Waals surface area contributed by atoms with Crippen LogP contribution in [-0.2, 0) is 16.0 Å². The van der Waals surface area contributed by atoms with E-state index in [1.807, 2.05) is 30.3 Å². The number of hydrogen-bond donors (Lipinski definition) is 2. The van der Waals surface area contributed by atoms with Crippen LogP contribution in [0.1, 0.15) is 12.0 Å². The fourth-order valence-electron chi connectivity index (χ4n) is 1.46. The molecule has 0 heterocycles. The number of amides is 2. The van der Waals surface area contributed by atoms with Gasteiger partial charge in [0.15, 0.2) is 0 Å². The quantitative estimate of drug-likeness (QED) is 0.667. The number of benzene rings is 1. The zero-order valence-electron chi connectivity index (χ0n) is 11.4. The highest BCUT2D eigenvalue weighted by atomic mass is 16.5. The summed E-state index contributed by atoms with van der Waals surface area (Å²) >= 11 is 0. The van der Waals surface area contributed by atoms with Crippen molar-refractivity contribution < 1.29 is 14.3 Å². The lowest BCUT2D eigenvalue weighted by Crippen LogP contribution is -2.35. The fraction of sp³-hybridized carbons (Fsp3) is 0.500. The average molecular weight is 266 g/mol. The van der Waals surface area contributed by atoms with E-state index in [9.17, 15) is 4.79 Å². The molecule has 0 aliphatic heterocycles. The lowest BCUT2D eigenvalue weighted by molar-refractivity contribution is 0.0697. The van der Waals surface area contributed by atoms with E-state index >= 15 is 0 Å². The smallest absolute Gasteiger partial charge is 0.315 e. The molecule has 0 unspecified atom stereocenters. The van der Waals surface area contributed by atoms with Crippen LogP contribution < -0.4 is 10.6 Å². The minimum absolute atomic E-state index is 0.152. The van der Waals surface area contributed by atoms with Gasteiger partial charge in [-0.15, -0.1) is 0 Å². The van der Waals surface area contributed by atoms with Gasteiger partial charge in [0, 0.05) is 26.8 Å². The molecule has 5 heteroatoms. The maximum absolute atomic E-state index is 11.5. The van der Waals surface area contributed by atoms with Gasteiger partial charge in [-0.1, -0.05) is 30.3 Å². The molecule has 1 rings (SSSR count).